The SMILES string of the molecule is O=C([O-])c1cc([N+](=O)[O-])ccc1Oc1cncc(Cl)c1. The van der Waals surface area contributed by atoms with Gasteiger partial charge in [-0.3, -0.25) is 15.1 Å². The number of rotatable bonds is 4. The number of halogens is 1. The number of ether oxygens (including phenoxy) is 1. The third-order valence-corrected chi connectivity index (χ3v) is 2.51. The average molecular weight is 294 g/mol. The summed E-state index contributed by atoms with van der Waals surface area (Å²) in [5.74, 6) is -1.48. The molecule has 1 aromatic carbocycles. The van der Waals surface area contributed by atoms with Crippen molar-refractivity contribution in [1.29, 1.82) is 0 Å². The van der Waals surface area contributed by atoms with Gasteiger partial charge in [0.15, 0.2) is 0 Å². The Morgan fingerprint density at radius 1 is 1.30 bits per heavy atom. The summed E-state index contributed by atoms with van der Waals surface area (Å²) in [6, 6.07) is 4.58. The molecule has 0 spiro atoms. The highest BCUT2D eigenvalue weighted by Gasteiger charge is 2.13. The molecule has 1 heterocycles. The van der Waals surface area contributed by atoms with E-state index in [0.717, 1.165) is 12.1 Å². The van der Waals surface area contributed by atoms with E-state index in [0.29, 0.717) is 5.02 Å². The molecule has 0 bridgehead atoms. The average Bonchev–Trinajstić information content (AvgIpc) is 2.38. The molecular weight excluding hydrogens is 288 g/mol. The Hall–Kier alpha value is -2.67. The van der Waals surface area contributed by atoms with E-state index >= 15 is 0 Å². The number of carbonyl (C=O) groups excluding carboxylic acids is 1. The van der Waals surface area contributed by atoms with Crippen LogP contribution in [0.5, 0.6) is 11.5 Å². The number of carboxylic acid groups (broad SMARTS) is 1. The van der Waals surface area contributed by atoms with E-state index in [9.17, 15) is 20.0 Å². The Labute approximate surface area is 117 Å². The maximum Gasteiger partial charge on any atom is 0.270 e. The fourth-order valence-electron chi connectivity index (χ4n) is 1.46. The zero-order valence-corrected chi connectivity index (χ0v) is 10.5. The molecule has 0 unspecified atom stereocenters. The van der Waals surface area contributed by atoms with Crippen molar-refractivity contribution >= 4 is 23.3 Å². The number of aromatic carboxylic acids is 1. The predicted molar refractivity (Wildman–Crippen MR) is 66.7 cm³/mol. The Morgan fingerprint density at radius 3 is 2.65 bits per heavy atom. The van der Waals surface area contributed by atoms with Gasteiger partial charge in [-0.05, 0) is 6.07 Å². The minimum atomic E-state index is -1.58. The number of nitrogens with zero attached hydrogens (tertiary/aromatic N) is 2. The number of non-ortho nitro benzene ring substituents is 1. The maximum atomic E-state index is 11.0. The first-order valence-corrected chi connectivity index (χ1v) is 5.63. The highest BCUT2D eigenvalue weighted by Crippen LogP contribution is 2.29. The largest absolute Gasteiger partial charge is 0.545 e. The summed E-state index contributed by atoms with van der Waals surface area (Å²) in [7, 11) is 0. The minimum Gasteiger partial charge on any atom is -0.545 e. The van der Waals surface area contributed by atoms with Gasteiger partial charge in [0.2, 0.25) is 0 Å². The number of aromatic nitrogens is 1. The smallest absolute Gasteiger partial charge is 0.270 e. The highest BCUT2D eigenvalue weighted by atomic mass is 35.5. The maximum absolute atomic E-state index is 11.0. The molecule has 0 aliphatic carbocycles. The molecule has 7 nitrogen and oxygen atoms in total. The second-order valence-electron chi connectivity index (χ2n) is 3.67. The monoisotopic (exact) mass is 293 g/mol. The van der Waals surface area contributed by atoms with Gasteiger partial charge in [-0.15, -0.1) is 0 Å². The first kappa shape index (κ1) is 13.8. The first-order valence-electron chi connectivity index (χ1n) is 5.25. The van der Waals surface area contributed by atoms with Gasteiger partial charge in [0.25, 0.3) is 5.69 Å². The Bertz CT molecular complexity index is 689. The van der Waals surface area contributed by atoms with Gasteiger partial charge in [-0.2, -0.15) is 0 Å². The normalized spacial score (nSPS) is 10.1. The Morgan fingerprint density at radius 2 is 2.05 bits per heavy atom. The second-order valence-corrected chi connectivity index (χ2v) is 4.10. The number of carbonyl (C=O) groups is 1. The fourth-order valence-corrected chi connectivity index (χ4v) is 1.62. The fraction of sp³-hybridized carbons (Fsp3) is 0. The predicted octanol–water partition coefficient (Wildman–Crippen LogP) is 1.80. The van der Waals surface area contributed by atoms with E-state index in [1.807, 2.05) is 0 Å². The Balaban J connectivity index is 2.41. The molecule has 0 amide bonds. The van der Waals surface area contributed by atoms with Gasteiger partial charge >= 0.3 is 0 Å². The number of nitro groups is 1. The van der Waals surface area contributed by atoms with Crippen LogP contribution in [0.15, 0.2) is 36.7 Å². The molecule has 1 aromatic heterocycles. The van der Waals surface area contributed by atoms with Gasteiger partial charge in [0.1, 0.15) is 11.5 Å². The second kappa shape index (κ2) is 5.54. The Kier molecular flexibility index (Phi) is 3.81. The lowest BCUT2D eigenvalue weighted by molar-refractivity contribution is -0.385. The van der Waals surface area contributed by atoms with Crippen molar-refractivity contribution in [2.24, 2.45) is 0 Å². The van der Waals surface area contributed by atoms with Crippen molar-refractivity contribution < 1.29 is 19.6 Å². The first-order chi connectivity index (χ1) is 9.47. The van der Waals surface area contributed by atoms with Gasteiger partial charge in [0, 0.05) is 30.0 Å². The van der Waals surface area contributed by atoms with Crippen LogP contribution in [0.25, 0.3) is 0 Å². The van der Waals surface area contributed by atoms with Gasteiger partial charge in [-0.1, -0.05) is 11.6 Å². The van der Waals surface area contributed by atoms with E-state index in [1.165, 1.54) is 24.5 Å². The third-order valence-electron chi connectivity index (χ3n) is 2.30. The molecule has 2 rings (SSSR count). The number of carboxylic acids is 1. The van der Waals surface area contributed by atoms with Crippen LogP contribution in [0.3, 0.4) is 0 Å². The number of hydrogen-bond donors (Lipinski definition) is 0. The van der Waals surface area contributed by atoms with Crippen molar-refractivity contribution in [2.45, 2.75) is 0 Å². The van der Waals surface area contributed by atoms with Crippen LogP contribution in [0.2, 0.25) is 5.02 Å². The quantitative estimate of drug-likeness (QED) is 0.628. The molecule has 0 fully saturated rings. The van der Waals surface area contributed by atoms with Crippen molar-refractivity contribution in [3.05, 3.63) is 57.4 Å². The van der Waals surface area contributed by atoms with E-state index in [4.69, 9.17) is 16.3 Å². The van der Waals surface area contributed by atoms with E-state index < -0.39 is 16.5 Å². The molecule has 20 heavy (non-hydrogen) atoms. The van der Waals surface area contributed by atoms with Crippen LogP contribution in [-0.2, 0) is 0 Å². The number of nitro benzene ring substituents is 1. The lowest BCUT2D eigenvalue weighted by Gasteiger charge is -2.11. The van der Waals surface area contributed by atoms with E-state index in [-0.39, 0.29) is 17.2 Å². The van der Waals surface area contributed by atoms with Crippen molar-refractivity contribution in [1.82, 2.24) is 4.98 Å². The van der Waals surface area contributed by atoms with Crippen LogP contribution in [0, 0.1) is 10.1 Å². The molecule has 0 atom stereocenters. The summed E-state index contributed by atoms with van der Waals surface area (Å²) in [5, 5.41) is 21.9. The van der Waals surface area contributed by atoms with Crippen LogP contribution >= 0.6 is 11.6 Å². The number of hydrogen-bond acceptors (Lipinski definition) is 6. The molecular formula is C12H6ClN2O5-. The van der Waals surface area contributed by atoms with Crippen LogP contribution in [0.1, 0.15) is 10.4 Å². The van der Waals surface area contributed by atoms with Gasteiger partial charge in [0.05, 0.1) is 22.1 Å². The van der Waals surface area contributed by atoms with Crippen molar-refractivity contribution in [3.8, 4) is 11.5 Å². The standard InChI is InChI=1S/C12H7ClN2O5/c13-7-3-9(6-14-5-7)20-11-2-1-8(15(18)19)4-10(11)12(16)17/h1-6H,(H,16,17)/p-1. The molecule has 8 heteroatoms. The molecule has 0 aliphatic heterocycles. The molecule has 0 saturated heterocycles. The highest BCUT2D eigenvalue weighted by molar-refractivity contribution is 6.30. The van der Waals surface area contributed by atoms with E-state index in [1.54, 1.807) is 0 Å². The summed E-state index contributed by atoms with van der Waals surface area (Å²) in [6.07, 6.45) is 2.70. The third kappa shape index (κ3) is 3.01. The summed E-state index contributed by atoms with van der Waals surface area (Å²) < 4.78 is 5.30. The summed E-state index contributed by atoms with van der Waals surface area (Å²) >= 11 is 5.72. The molecule has 0 radical (unpaired) electrons. The minimum absolute atomic E-state index is 0.0975. The van der Waals surface area contributed by atoms with Crippen molar-refractivity contribution in [3.63, 3.8) is 0 Å². The molecule has 102 valence electrons. The van der Waals surface area contributed by atoms with Crippen LogP contribution in [-0.4, -0.2) is 15.9 Å². The summed E-state index contributed by atoms with van der Waals surface area (Å²) in [5.41, 5.74) is -0.806. The lowest BCUT2D eigenvalue weighted by Crippen LogP contribution is -2.23. The van der Waals surface area contributed by atoms with Crippen LogP contribution in [0.4, 0.5) is 5.69 Å². The molecule has 2 aromatic rings. The molecule has 0 saturated carbocycles. The molecule has 0 aliphatic rings. The van der Waals surface area contributed by atoms with Gasteiger partial charge in [-0.25, -0.2) is 0 Å². The zero-order chi connectivity index (χ0) is 14.7. The summed E-state index contributed by atoms with van der Waals surface area (Å²) in [4.78, 5) is 24.7. The number of pyridine rings is 1. The molecule has 0 N–H and O–H groups in total. The topological polar surface area (TPSA) is 105 Å². The zero-order valence-electron chi connectivity index (χ0n) is 9.78. The van der Waals surface area contributed by atoms with Crippen molar-refractivity contribution in [2.75, 3.05) is 0 Å². The summed E-state index contributed by atoms with van der Waals surface area (Å²) in [6.45, 7) is 0. The van der Waals surface area contributed by atoms with E-state index in [2.05, 4.69) is 4.98 Å². The van der Waals surface area contributed by atoms with Crippen LogP contribution < -0.4 is 9.84 Å². The lowest BCUT2D eigenvalue weighted by atomic mass is 10.2. The van der Waals surface area contributed by atoms with Gasteiger partial charge < -0.3 is 14.6 Å². The number of benzene rings is 1.